The molecule has 0 aromatic heterocycles. The van der Waals surface area contributed by atoms with E-state index in [1.807, 2.05) is 44.2 Å². The fraction of sp³-hybridized carbons (Fsp3) is 0.250. The number of aryl methyl sites for hydroxylation is 1. The summed E-state index contributed by atoms with van der Waals surface area (Å²) < 4.78 is 11.4. The zero-order valence-electron chi connectivity index (χ0n) is 11.7. The largest absolute Gasteiger partial charge is 0.491 e. The first-order chi connectivity index (χ1) is 9.61. The van der Waals surface area contributed by atoms with E-state index in [4.69, 9.17) is 26.8 Å². The second-order valence-corrected chi connectivity index (χ2v) is 4.96. The van der Waals surface area contributed by atoms with Crippen LogP contribution in [-0.2, 0) is 0 Å². The minimum absolute atomic E-state index is 0.484. The standard InChI is InChI=1S/C16H18ClNO2/c1-3-9-19-14-5-4-6-15(16(14)18)20-13-8-7-11(2)10-12(13)17/h4-8,10H,3,9,18H2,1-2H3. The summed E-state index contributed by atoms with van der Waals surface area (Å²) >= 11 is 6.16. The Bertz CT molecular complexity index is 599. The smallest absolute Gasteiger partial charge is 0.154 e. The third-order valence-corrected chi connectivity index (χ3v) is 3.09. The summed E-state index contributed by atoms with van der Waals surface area (Å²) in [6.45, 7) is 4.64. The number of anilines is 1. The molecule has 3 nitrogen and oxygen atoms in total. The van der Waals surface area contributed by atoms with Crippen LogP contribution in [0.3, 0.4) is 0 Å². The highest BCUT2D eigenvalue weighted by atomic mass is 35.5. The first-order valence-electron chi connectivity index (χ1n) is 6.57. The molecule has 0 spiro atoms. The van der Waals surface area contributed by atoms with Gasteiger partial charge in [-0.3, -0.25) is 0 Å². The minimum Gasteiger partial charge on any atom is -0.491 e. The highest BCUT2D eigenvalue weighted by Gasteiger charge is 2.10. The van der Waals surface area contributed by atoms with Crippen LogP contribution in [-0.4, -0.2) is 6.61 Å². The Hall–Kier alpha value is -1.87. The van der Waals surface area contributed by atoms with Gasteiger partial charge in [-0.05, 0) is 43.2 Å². The lowest BCUT2D eigenvalue weighted by molar-refractivity contribution is 0.318. The summed E-state index contributed by atoms with van der Waals surface area (Å²) in [6, 6.07) is 11.1. The molecule has 0 aliphatic carbocycles. The van der Waals surface area contributed by atoms with Crippen LogP contribution in [0.15, 0.2) is 36.4 Å². The molecular weight excluding hydrogens is 274 g/mol. The number of hydrogen-bond acceptors (Lipinski definition) is 3. The second kappa shape index (κ2) is 6.53. The fourth-order valence-corrected chi connectivity index (χ4v) is 2.03. The van der Waals surface area contributed by atoms with Crippen LogP contribution >= 0.6 is 11.6 Å². The van der Waals surface area contributed by atoms with Gasteiger partial charge in [0.2, 0.25) is 0 Å². The van der Waals surface area contributed by atoms with Crippen LogP contribution in [0.1, 0.15) is 18.9 Å². The Balaban J connectivity index is 2.24. The van der Waals surface area contributed by atoms with Gasteiger partial charge in [0, 0.05) is 0 Å². The number of rotatable bonds is 5. The molecule has 2 aromatic rings. The van der Waals surface area contributed by atoms with Crippen molar-refractivity contribution in [2.75, 3.05) is 12.3 Å². The van der Waals surface area contributed by atoms with Crippen molar-refractivity contribution in [3.8, 4) is 17.2 Å². The van der Waals surface area contributed by atoms with Gasteiger partial charge in [-0.2, -0.15) is 0 Å². The summed E-state index contributed by atoms with van der Waals surface area (Å²) in [6.07, 6.45) is 0.925. The molecule has 106 valence electrons. The second-order valence-electron chi connectivity index (χ2n) is 4.55. The van der Waals surface area contributed by atoms with E-state index in [9.17, 15) is 0 Å². The lowest BCUT2D eigenvalue weighted by Gasteiger charge is -2.13. The molecule has 0 bridgehead atoms. The summed E-state index contributed by atoms with van der Waals surface area (Å²) in [5.74, 6) is 1.76. The molecule has 0 amide bonds. The van der Waals surface area contributed by atoms with Crippen molar-refractivity contribution in [3.63, 3.8) is 0 Å². The molecule has 4 heteroatoms. The maximum atomic E-state index is 6.16. The molecule has 2 aromatic carbocycles. The van der Waals surface area contributed by atoms with Gasteiger partial charge >= 0.3 is 0 Å². The summed E-state index contributed by atoms with van der Waals surface area (Å²) in [5, 5.41) is 0.560. The van der Waals surface area contributed by atoms with Crippen molar-refractivity contribution >= 4 is 17.3 Å². The van der Waals surface area contributed by atoms with Crippen LogP contribution in [0.25, 0.3) is 0 Å². The van der Waals surface area contributed by atoms with E-state index in [0.717, 1.165) is 12.0 Å². The lowest BCUT2D eigenvalue weighted by Crippen LogP contribution is -2.00. The zero-order chi connectivity index (χ0) is 14.5. The molecule has 0 fully saturated rings. The number of nitrogen functional groups attached to an aromatic ring is 1. The van der Waals surface area contributed by atoms with Crippen molar-refractivity contribution in [3.05, 3.63) is 47.0 Å². The summed E-state index contributed by atoms with van der Waals surface area (Å²) in [5.41, 5.74) is 7.62. The van der Waals surface area contributed by atoms with E-state index in [1.54, 1.807) is 6.07 Å². The number of para-hydroxylation sites is 1. The van der Waals surface area contributed by atoms with Crippen LogP contribution in [0.5, 0.6) is 17.2 Å². The van der Waals surface area contributed by atoms with E-state index in [0.29, 0.717) is 34.6 Å². The molecule has 0 heterocycles. The van der Waals surface area contributed by atoms with Gasteiger partial charge in [-0.25, -0.2) is 0 Å². The van der Waals surface area contributed by atoms with Crippen LogP contribution in [0.4, 0.5) is 5.69 Å². The predicted molar refractivity (Wildman–Crippen MR) is 82.9 cm³/mol. The molecule has 0 radical (unpaired) electrons. The Morgan fingerprint density at radius 1 is 1.10 bits per heavy atom. The quantitative estimate of drug-likeness (QED) is 0.804. The summed E-state index contributed by atoms with van der Waals surface area (Å²) in [7, 11) is 0. The first kappa shape index (κ1) is 14.5. The van der Waals surface area contributed by atoms with Crippen molar-refractivity contribution in [2.24, 2.45) is 0 Å². The van der Waals surface area contributed by atoms with E-state index in [-0.39, 0.29) is 0 Å². The van der Waals surface area contributed by atoms with Crippen LogP contribution < -0.4 is 15.2 Å². The van der Waals surface area contributed by atoms with Gasteiger partial charge in [0.25, 0.3) is 0 Å². The summed E-state index contributed by atoms with van der Waals surface area (Å²) in [4.78, 5) is 0. The highest BCUT2D eigenvalue weighted by molar-refractivity contribution is 6.32. The molecule has 0 unspecified atom stereocenters. The predicted octanol–water partition coefficient (Wildman–Crippen LogP) is 4.81. The van der Waals surface area contributed by atoms with Gasteiger partial charge in [0.05, 0.1) is 11.6 Å². The van der Waals surface area contributed by atoms with E-state index < -0.39 is 0 Å². The third-order valence-electron chi connectivity index (χ3n) is 2.80. The fourth-order valence-electron chi connectivity index (χ4n) is 1.76. The SMILES string of the molecule is CCCOc1cccc(Oc2ccc(C)cc2Cl)c1N. The Morgan fingerprint density at radius 2 is 1.85 bits per heavy atom. The van der Waals surface area contributed by atoms with Crippen molar-refractivity contribution in [2.45, 2.75) is 20.3 Å². The monoisotopic (exact) mass is 291 g/mol. The van der Waals surface area contributed by atoms with E-state index >= 15 is 0 Å². The molecule has 0 saturated heterocycles. The normalized spacial score (nSPS) is 10.3. The topological polar surface area (TPSA) is 44.5 Å². The molecule has 0 aliphatic heterocycles. The van der Waals surface area contributed by atoms with Crippen molar-refractivity contribution < 1.29 is 9.47 Å². The molecule has 0 saturated carbocycles. The maximum absolute atomic E-state index is 6.16. The molecule has 2 N–H and O–H groups in total. The Kier molecular flexibility index (Phi) is 4.74. The van der Waals surface area contributed by atoms with E-state index in [1.165, 1.54) is 0 Å². The van der Waals surface area contributed by atoms with Gasteiger partial charge < -0.3 is 15.2 Å². The minimum atomic E-state index is 0.484. The van der Waals surface area contributed by atoms with Crippen molar-refractivity contribution in [1.29, 1.82) is 0 Å². The van der Waals surface area contributed by atoms with Gasteiger partial charge in [-0.1, -0.05) is 30.7 Å². The average molecular weight is 292 g/mol. The number of ether oxygens (including phenoxy) is 2. The third kappa shape index (κ3) is 3.36. The zero-order valence-corrected chi connectivity index (χ0v) is 12.4. The average Bonchev–Trinajstić information content (AvgIpc) is 2.42. The van der Waals surface area contributed by atoms with Gasteiger partial charge in [0.15, 0.2) is 5.75 Å². The maximum Gasteiger partial charge on any atom is 0.154 e. The molecule has 0 atom stereocenters. The molecule has 2 rings (SSSR count). The molecule has 0 aliphatic rings. The van der Waals surface area contributed by atoms with Gasteiger partial charge in [-0.15, -0.1) is 0 Å². The molecule has 20 heavy (non-hydrogen) atoms. The van der Waals surface area contributed by atoms with Crippen LogP contribution in [0.2, 0.25) is 5.02 Å². The van der Waals surface area contributed by atoms with Crippen LogP contribution in [0, 0.1) is 6.92 Å². The number of nitrogens with two attached hydrogens (primary N) is 1. The number of benzene rings is 2. The Labute approximate surface area is 124 Å². The van der Waals surface area contributed by atoms with Crippen molar-refractivity contribution in [1.82, 2.24) is 0 Å². The first-order valence-corrected chi connectivity index (χ1v) is 6.95. The number of halogens is 1. The van der Waals surface area contributed by atoms with E-state index in [2.05, 4.69) is 0 Å². The Morgan fingerprint density at radius 3 is 2.55 bits per heavy atom. The van der Waals surface area contributed by atoms with Gasteiger partial charge in [0.1, 0.15) is 17.2 Å². The highest BCUT2D eigenvalue weighted by Crippen LogP contribution is 2.37. The molecular formula is C16H18ClNO2. The lowest BCUT2D eigenvalue weighted by atomic mass is 10.2. The number of hydrogen-bond donors (Lipinski definition) is 1.